The number of nitrogens with two attached hydrogens (primary N) is 1. The Bertz CT molecular complexity index is 198. The van der Waals surface area contributed by atoms with E-state index in [2.05, 4.69) is 24.0 Å². The normalized spacial score (nSPS) is 21.4. The van der Waals surface area contributed by atoms with Gasteiger partial charge in [-0.05, 0) is 33.4 Å². The highest BCUT2D eigenvalue weighted by Gasteiger charge is 2.38. The van der Waals surface area contributed by atoms with Gasteiger partial charge in [0.05, 0.1) is 6.54 Å². The van der Waals surface area contributed by atoms with Crippen LogP contribution in [0.4, 0.5) is 0 Å². The molecule has 4 N–H and O–H groups in total. The molecule has 0 aromatic carbocycles. The third-order valence-electron chi connectivity index (χ3n) is 2.89. The van der Waals surface area contributed by atoms with Gasteiger partial charge in [0.2, 0.25) is 5.96 Å². The molecule has 1 fully saturated rings. The first-order chi connectivity index (χ1) is 6.10. The molecule has 1 aliphatic rings. The molecule has 0 aliphatic heterocycles. The van der Waals surface area contributed by atoms with Crippen LogP contribution in [0.2, 0.25) is 0 Å². The van der Waals surface area contributed by atoms with E-state index in [1.165, 1.54) is 6.42 Å². The van der Waals surface area contributed by atoms with Crippen LogP contribution in [0.3, 0.4) is 0 Å². The monoisotopic (exact) mass is 186 g/mol. The second kappa shape index (κ2) is 3.93. The summed E-state index contributed by atoms with van der Waals surface area (Å²) in [5, 5.41) is 8.44. The van der Waals surface area contributed by atoms with Gasteiger partial charge in [0.15, 0.2) is 0 Å². The molecule has 13 heavy (non-hydrogen) atoms. The van der Waals surface area contributed by atoms with Gasteiger partial charge in [-0.1, -0.05) is 0 Å². The molecule has 1 saturated carbocycles. The van der Waals surface area contributed by atoms with Gasteiger partial charge in [0.25, 0.3) is 0 Å². The molecule has 0 unspecified atom stereocenters. The minimum absolute atomic E-state index is 0.0909. The second-order valence-electron chi connectivity index (χ2n) is 3.79. The summed E-state index contributed by atoms with van der Waals surface area (Å²) in [6.07, 6.45) is 3.56. The third kappa shape index (κ3) is 2.10. The molecule has 0 radical (unpaired) electrons. The molecule has 0 aromatic rings. The van der Waals surface area contributed by atoms with E-state index in [9.17, 15) is 0 Å². The van der Waals surface area contributed by atoms with Gasteiger partial charge in [-0.15, -0.1) is 0 Å². The van der Waals surface area contributed by atoms with E-state index < -0.39 is 0 Å². The molecule has 0 amide bonds. The van der Waals surface area contributed by atoms with Crippen LogP contribution in [0, 0.1) is 0 Å². The summed E-state index contributed by atoms with van der Waals surface area (Å²) in [4.78, 5) is 6.23. The van der Waals surface area contributed by atoms with Crippen LogP contribution in [0.5, 0.6) is 0 Å². The van der Waals surface area contributed by atoms with Crippen LogP contribution < -0.4 is 11.2 Å². The van der Waals surface area contributed by atoms with Gasteiger partial charge >= 0.3 is 0 Å². The van der Waals surface area contributed by atoms with Crippen molar-refractivity contribution in [1.82, 2.24) is 10.4 Å². The Morgan fingerprint density at radius 3 is 2.54 bits per heavy atom. The summed E-state index contributed by atoms with van der Waals surface area (Å²) in [7, 11) is 4.11. The highest BCUT2D eigenvalue weighted by molar-refractivity contribution is 5.76. The Labute approximate surface area is 78.6 Å². The van der Waals surface area contributed by atoms with Crippen LogP contribution >= 0.6 is 0 Å². The van der Waals surface area contributed by atoms with Crippen molar-refractivity contribution in [3.05, 3.63) is 0 Å². The number of nitrogens with zero attached hydrogens (tertiary/aromatic N) is 2. The Balaban J connectivity index is 2.50. The van der Waals surface area contributed by atoms with Gasteiger partial charge in [0.1, 0.15) is 0 Å². The Morgan fingerprint density at radius 2 is 2.23 bits per heavy atom. The van der Waals surface area contributed by atoms with Crippen molar-refractivity contribution in [2.45, 2.75) is 24.8 Å². The summed E-state index contributed by atoms with van der Waals surface area (Å²) >= 11 is 0. The van der Waals surface area contributed by atoms with Crippen molar-refractivity contribution in [2.24, 2.45) is 10.7 Å². The molecular formula is C8H18N4O. The van der Waals surface area contributed by atoms with E-state index in [1.807, 2.05) is 5.48 Å². The van der Waals surface area contributed by atoms with Crippen molar-refractivity contribution in [2.75, 3.05) is 20.6 Å². The Hall–Kier alpha value is -0.810. The maximum atomic E-state index is 8.44. The van der Waals surface area contributed by atoms with Crippen LogP contribution in [-0.2, 0) is 0 Å². The molecule has 5 nitrogen and oxygen atoms in total. The van der Waals surface area contributed by atoms with Crippen LogP contribution in [0.1, 0.15) is 19.3 Å². The van der Waals surface area contributed by atoms with Crippen molar-refractivity contribution >= 4 is 5.96 Å². The lowest BCUT2D eigenvalue weighted by Gasteiger charge is -2.46. The van der Waals surface area contributed by atoms with Gasteiger partial charge in [-0.3, -0.25) is 5.21 Å². The minimum atomic E-state index is 0.0909. The molecule has 0 atom stereocenters. The SMILES string of the molecule is CN(C)C1(CN=C(N)NO)CCC1. The van der Waals surface area contributed by atoms with E-state index in [4.69, 9.17) is 10.9 Å². The van der Waals surface area contributed by atoms with Crippen molar-refractivity contribution in [3.8, 4) is 0 Å². The zero-order valence-corrected chi connectivity index (χ0v) is 8.25. The van der Waals surface area contributed by atoms with Gasteiger partial charge in [-0.2, -0.15) is 0 Å². The predicted molar refractivity (Wildman–Crippen MR) is 51.7 cm³/mol. The number of hydrogen-bond acceptors (Lipinski definition) is 3. The van der Waals surface area contributed by atoms with Crippen LogP contribution in [-0.4, -0.2) is 42.2 Å². The lowest BCUT2D eigenvalue weighted by Crippen LogP contribution is -2.53. The molecule has 0 spiro atoms. The number of aliphatic imine (C=N–C) groups is 1. The number of hydroxylamine groups is 1. The van der Waals surface area contributed by atoms with E-state index in [1.54, 1.807) is 0 Å². The predicted octanol–water partition coefficient (Wildman–Crippen LogP) is -0.236. The number of nitrogens with one attached hydrogen (secondary N) is 1. The van der Waals surface area contributed by atoms with Crippen molar-refractivity contribution < 1.29 is 5.21 Å². The zero-order valence-electron chi connectivity index (χ0n) is 8.25. The lowest BCUT2D eigenvalue weighted by molar-refractivity contribution is 0.0696. The Morgan fingerprint density at radius 1 is 1.62 bits per heavy atom. The first-order valence-corrected chi connectivity index (χ1v) is 4.48. The summed E-state index contributed by atoms with van der Waals surface area (Å²) in [5.41, 5.74) is 7.33. The topological polar surface area (TPSA) is 73.9 Å². The van der Waals surface area contributed by atoms with Crippen molar-refractivity contribution in [3.63, 3.8) is 0 Å². The average Bonchev–Trinajstić information content (AvgIpc) is 2.01. The largest absolute Gasteiger partial charge is 0.368 e. The van der Waals surface area contributed by atoms with Crippen molar-refractivity contribution in [1.29, 1.82) is 0 Å². The number of guanidine groups is 1. The highest BCUT2D eigenvalue weighted by atomic mass is 16.5. The molecule has 5 heteroatoms. The van der Waals surface area contributed by atoms with E-state index in [0.717, 1.165) is 12.8 Å². The summed E-state index contributed by atoms with van der Waals surface area (Å²) in [6.45, 7) is 0.652. The van der Waals surface area contributed by atoms with E-state index >= 15 is 0 Å². The van der Waals surface area contributed by atoms with E-state index in [0.29, 0.717) is 6.54 Å². The molecule has 0 bridgehead atoms. The minimum Gasteiger partial charge on any atom is -0.368 e. The molecule has 0 heterocycles. The van der Waals surface area contributed by atoms with Crippen LogP contribution in [0.25, 0.3) is 0 Å². The average molecular weight is 186 g/mol. The maximum absolute atomic E-state index is 8.44. The third-order valence-corrected chi connectivity index (χ3v) is 2.89. The fourth-order valence-electron chi connectivity index (χ4n) is 1.60. The molecule has 1 rings (SSSR count). The molecular weight excluding hydrogens is 168 g/mol. The van der Waals surface area contributed by atoms with Gasteiger partial charge in [0, 0.05) is 5.54 Å². The second-order valence-corrected chi connectivity index (χ2v) is 3.79. The summed E-state index contributed by atoms with van der Waals surface area (Å²) in [5.74, 6) is 0.0909. The number of rotatable bonds is 3. The first-order valence-electron chi connectivity index (χ1n) is 4.48. The number of hydrogen-bond donors (Lipinski definition) is 3. The number of likely N-dealkylation sites (N-methyl/N-ethyl adjacent to an activating group) is 1. The highest BCUT2D eigenvalue weighted by Crippen LogP contribution is 2.36. The van der Waals surface area contributed by atoms with E-state index in [-0.39, 0.29) is 11.5 Å². The fraction of sp³-hybridized carbons (Fsp3) is 0.875. The van der Waals surface area contributed by atoms with Gasteiger partial charge in [-0.25, -0.2) is 10.5 Å². The quantitative estimate of drug-likeness (QED) is 0.323. The standard InChI is InChI=1S/C8H18N4O/c1-12(2)8(4-3-5-8)6-10-7(9)11-13/h13H,3-6H2,1-2H3,(H3,9,10,11). The lowest BCUT2D eigenvalue weighted by atomic mass is 9.76. The summed E-state index contributed by atoms with van der Waals surface area (Å²) < 4.78 is 0. The zero-order chi connectivity index (χ0) is 9.90. The van der Waals surface area contributed by atoms with Gasteiger partial charge < -0.3 is 10.6 Å². The molecule has 0 saturated heterocycles. The molecule has 1 aliphatic carbocycles. The molecule has 76 valence electrons. The van der Waals surface area contributed by atoms with Crippen LogP contribution in [0.15, 0.2) is 4.99 Å². The smallest absolute Gasteiger partial charge is 0.212 e. The fourth-order valence-corrected chi connectivity index (χ4v) is 1.60. The summed E-state index contributed by atoms with van der Waals surface area (Å²) in [6, 6.07) is 0. The first kappa shape index (κ1) is 10.3. The molecule has 0 aromatic heterocycles. The Kier molecular flexibility index (Phi) is 3.11. The maximum Gasteiger partial charge on any atom is 0.212 e.